The van der Waals surface area contributed by atoms with E-state index < -0.39 is 0 Å². The number of thiazole rings is 1. The SMILES string of the molecule is CC[C@H](C)C(=O)Nc1nc(-c2ccc(Br)cc2)c(C)s1. The molecule has 0 unspecified atom stereocenters. The lowest BCUT2D eigenvalue weighted by molar-refractivity contribution is -0.119. The van der Waals surface area contributed by atoms with E-state index in [9.17, 15) is 4.79 Å². The number of amides is 1. The molecule has 0 spiro atoms. The summed E-state index contributed by atoms with van der Waals surface area (Å²) in [4.78, 5) is 17.5. The third-order valence-corrected chi connectivity index (χ3v) is 4.62. The largest absolute Gasteiger partial charge is 0.302 e. The van der Waals surface area contributed by atoms with Gasteiger partial charge in [-0.3, -0.25) is 4.79 Å². The molecule has 0 radical (unpaired) electrons. The maximum Gasteiger partial charge on any atom is 0.228 e. The molecule has 1 amide bonds. The van der Waals surface area contributed by atoms with Gasteiger partial charge in [-0.05, 0) is 25.5 Å². The minimum Gasteiger partial charge on any atom is -0.302 e. The van der Waals surface area contributed by atoms with Crippen molar-refractivity contribution in [2.75, 3.05) is 5.32 Å². The average Bonchev–Trinajstić information content (AvgIpc) is 2.79. The molecule has 5 heteroatoms. The fraction of sp³-hybridized carbons (Fsp3) is 0.333. The standard InChI is InChI=1S/C15H17BrN2OS/c1-4-9(2)14(19)18-15-17-13(10(3)20-15)11-5-7-12(16)8-6-11/h5-9H,4H2,1-3H3,(H,17,18,19)/t9-/m0/s1. The number of hydrogen-bond acceptors (Lipinski definition) is 3. The first-order valence-electron chi connectivity index (χ1n) is 6.55. The molecular formula is C15H17BrN2OS. The Morgan fingerprint density at radius 1 is 1.40 bits per heavy atom. The predicted octanol–water partition coefficient (Wildman–Crippen LogP) is 4.87. The van der Waals surface area contributed by atoms with Gasteiger partial charge in [0.1, 0.15) is 0 Å². The van der Waals surface area contributed by atoms with Crippen LogP contribution in [0.5, 0.6) is 0 Å². The Morgan fingerprint density at radius 2 is 2.05 bits per heavy atom. The van der Waals surface area contributed by atoms with Gasteiger partial charge in [0, 0.05) is 20.8 Å². The Balaban J connectivity index is 2.21. The number of nitrogens with one attached hydrogen (secondary N) is 1. The lowest BCUT2D eigenvalue weighted by atomic mass is 10.1. The number of hydrogen-bond donors (Lipinski definition) is 1. The Kier molecular flexibility index (Phi) is 4.94. The molecule has 106 valence electrons. The molecule has 1 heterocycles. The van der Waals surface area contributed by atoms with Gasteiger partial charge >= 0.3 is 0 Å². The van der Waals surface area contributed by atoms with Crippen molar-refractivity contribution in [3.8, 4) is 11.3 Å². The average molecular weight is 353 g/mol. The van der Waals surface area contributed by atoms with E-state index in [0.717, 1.165) is 27.0 Å². The first kappa shape index (κ1) is 15.2. The Bertz CT molecular complexity index is 607. The van der Waals surface area contributed by atoms with E-state index in [1.807, 2.05) is 45.0 Å². The highest BCUT2D eigenvalue weighted by molar-refractivity contribution is 9.10. The molecular weight excluding hydrogens is 336 g/mol. The van der Waals surface area contributed by atoms with E-state index in [1.165, 1.54) is 11.3 Å². The molecule has 1 aromatic heterocycles. The van der Waals surface area contributed by atoms with E-state index in [4.69, 9.17) is 0 Å². The molecule has 2 aromatic rings. The van der Waals surface area contributed by atoms with Crippen LogP contribution in [0.1, 0.15) is 25.1 Å². The Morgan fingerprint density at radius 3 is 2.65 bits per heavy atom. The molecule has 3 nitrogen and oxygen atoms in total. The van der Waals surface area contributed by atoms with Crippen LogP contribution in [0, 0.1) is 12.8 Å². The predicted molar refractivity (Wildman–Crippen MR) is 88.1 cm³/mol. The topological polar surface area (TPSA) is 42.0 Å². The summed E-state index contributed by atoms with van der Waals surface area (Å²) in [5, 5.41) is 3.57. The third-order valence-electron chi connectivity index (χ3n) is 3.20. The molecule has 0 saturated carbocycles. The molecule has 0 aliphatic rings. The van der Waals surface area contributed by atoms with Crippen LogP contribution in [0.15, 0.2) is 28.7 Å². The zero-order valence-corrected chi connectivity index (χ0v) is 14.1. The molecule has 0 aliphatic heterocycles. The van der Waals surface area contributed by atoms with Crippen LogP contribution in [-0.2, 0) is 4.79 Å². The highest BCUT2D eigenvalue weighted by Crippen LogP contribution is 2.31. The maximum atomic E-state index is 11.9. The smallest absolute Gasteiger partial charge is 0.228 e. The fourth-order valence-corrected chi connectivity index (χ4v) is 2.84. The molecule has 1 N–H and O–H groups in total. The van der Waals surface area contributed by atoms with Crippen molar-refractivity contribution in [3.63, 3.8) is 0 Å². The lowest BCUT2D eigenvalue weighted by Gasteiger charge is -2.06. The van der Waals surface area contributed by atoms with Crippen LogP contribution in [-0.4, -0.2) is 10.9 Å². The van der Waals surface area contributed by atoms with Gasteiger partial charge in [0.15, 0.2) is 5.13 Å². The highest BCUT2D eigenvalue weighted by Gasteiger charge is 2.15. The van der Waals surface area contributed by atoms with E-state index in [-0.39, 0.29) is 11.8 Å². The minimum absolute atomic E-state index is 0.00957. The van der Waals surface area contributed by atoms with Gasteiger partial charge in [-0.2, -0.15) is 0 Å². The molecule has 0 bridgehead atoms. The summed E-state index contributed by atoms with van der Waals surface area (Å²) >= 11 is 4.94. The van der Waals surface area contributed by atoms with E-state index >= 15 is 0 Å². The highest BCUT2D eigenvalue weighted by atomic mass is 79.9. The summed E-state index contributed by atoms with van der Waals surface area (Å²) in [6.45, 7) is 5.95. The second kappa shape index (κ2) is 6.50. The Labute approximate surface area is 131 Å². The minimum atomic E-state index is 0.00957. The van der Waals surface area contributed by atoms with Crippen LogP contribution in [0.3, 0.4) is 0 Å². The summed E-state index contributed by atoms with van der Waals surface area (Å²) in [6, 6.07) is 8.02. The van der Waals surface area contributed by atoms with Gasteiger partial charge in [-0.25, -0.2) is 4.98 Å². The lowest BCUT2D eigenvalue weighted by Crippen LogP contribution is -2.19. The molecule has 0 aliphatic carbocycles. The summed E-state index contributed by atoms with van der Waals surface area (Å²) in [6.07, 6.45) is 0.829. The van der Waals surface area contributed by atoms with E-state index in [2.05, 4.69) is 26.2 Å². The van der Waals surface area contributed by atoms with Crippen LogP contribution < -0.4 is 5.32 Å². The molecule has 1 aromatic carbocycles. The quantitative estimate of drug-likeness (QED) is 0.852. The van der Waals surface area contributed by atoms with Crippen LogP contribution in [0.25, 0.3) is 11.3 Å². The molecule has 2 rings (SSSR count). The number of halogens is 1. The second-order valence-corrected chi connectivity index (χ2v) is 6.85. The third kappa shape index (κ3) is 3.46. The zero-order valence-electron chi connectivity index (χ0n) is 11.7. The maximum absolute atomic E-state index is 11.9. The summed E-state index contributed by atoms with van der Waals surface area (Å²) in [7, 11) is 0. The van der Waals surface area contributed by atoms with Gasteiger partial charge in [0.05, 0.1) is 5.69 Å². The van der Waals surface area contributed by atoms with Gasteiger partial charge in [-0.15, -0.1) is 11.3 Å². The number of aromatic nitrogens is 1. The fourth-order valence-electron chi connectivity index (χ4n) is 1.74. The van der Waals surface area contributed by atoms with Crippen molar-refractivity contribution in [3.05, 3.63) is 33.6 Å². The number of carbonyl (C=O) groups is 1. The van der Waals surface area contributed by atoms with Crippen molar-refractivity contribution in [2.45, 2.75) is 27.2 Å². The summed E-state index contributed by atoms with van der Waals surface area (Å²) in [5.74, 6) is 0.0407. The number of benzene rings is 1. The van der Waals surface area contributed by atoms with Crippen molar-refractivity contribution < 1.29 is 4.79 Å². The summed E-state index contributed by atoms with van der Waals surface area (Å²) < 4.78 is 1.04. The van der Waals surface area contributed by atoms with Gasteiger partial charge in [0.25, 0.3) is 0 Å². The second-order valence-electron chi connectivity index (χ2n) is 4.73. The van der Waals surface area contributed by atoms with Crippen LogP contribution in [0.4, 0.5) is 5.13 Å². The number of anilines is 1. The molecule has 0 saturated heterocycles. The number of aryl methyl sites for hydroxylation is 1. The number of carbonyl (C=O) groups excluding carboxylic acids is 1. The zero-order chi connectivity index (χ0) is 14.7. The molecule has 0 fully saturated rings. The van der Waals surface area contributed by atoms with Crippen LogP contribution in [0.2, 0.25) is 0 Å². The van der Waals surface area contributed by atoms with Crippen molar-refractivity contribution in [1.82, 2.24) is 4.98 Å². The monoisotopic (exact) mass is 352 g/mol. The van der Waals surface area contributed by atoms with Crippen molar-refractivity contribution in [1.29, 1.82) is 0 Å². The van der Waals surface area contributed by atoms with Gasteiger partial charge in [0.2, 0.25) is 5.91 Å². The molecule has 20 heavy (non-hydrogen) atoms. The summed E-state index contributed by atoms with van der Waals surface area (Å²) in [5.41, 5.74) is 1.99. The number of rotatable bonds is 4. The van der Waals surface area contributed by atoms with Crippen molar-refractivity contribution in [2.24, 2.45) is 5.92 Å². The van der Waals surface area contributed by atoms with Gasteiger partial charge < -0.3 is 5.32 Å². The van der Waals surface area contributed by atoms with Crippen molar-refractivity contribution >= 4 is 38.3 Å². The number of nitrogens with zero attached hydrogens (tertiary/aromatic N) is 1. The van der Waals surface area contributed by atoms with Gasteiger partial charge in [-0.1, -0.05) is 41.9 Å². The first-order chi connectivity index (χ1) is 9.51. The van der Waals surface area contributed by atoms with E-state index in [1.54, 1.807) is 0 Å². The molecule has 1 atom stereocenters. The normalized spacial score (nSPS) is 12.2. The van der Waals surface area contributed by atoms with E-state index in [0.29, 0.717) is 5.13 Å². The Hall–Kier alpha value is -1.20. The first-order valence-corrected chi connectivity index (χ1v) is 8.16. The van der Waals surface area contributed by atoms with Crippen LogP contribution >= 0.6 is 27.3 Å².